The second-order valence-corrected chi connectivity index (χ2v) is 8.94. The number of ether oxygens (including phenoxy) is 1. The summed E-state index contributed by atoms with van der Waals surface area (Å²) in [6.07, 6.45) is 2.12. The summed E-state index contributed by atoms with van der Waals surface area (Å²) in [6, 6.07) is 20.5. The van der Waals surface area contributed by atoms with Gasteiger partial charge in [-0.15, -0.1) is 12.4 Å². The minimum atomic E-state index is -0.345. The summed E-state index contributed by atoms with van der Waals surface area (Å²) in [5.41, 5.74) is 9.14. The fourth-order valence-corrected chi connectivity index (χ4v) is 4.49. The van der Waals surface area contributed by atoms with E-state index in [9.17, 15) is 14.0 Å². The van der Waals surface area contributed by atoms with Crippen molar-refractivity contribution in [3.8, 4) is 0 Å². The van der Waals surface area contributed by atoms with Crippen LogP contribution in [0, 0.1) is 5.82 Å². The van der Waals surface area contributed by atoms with Gasteiger partial charge in [0.2, 0.25) is 5.91 Å². The third kappa shape index (κ3) is 6.10. The van der Waals surface area contributed by atoms with Crippen LogP contribution in [-0.2, 0) is 16.1 Å². The molecule has 4 aromatic rings. The second kappa shape index (κ2) is 11.5. The highest BCUT2D eigenvalue weighted by molar-refractivity contribution is 6.07. The fourth-order valence-electron chi connectivity index (χ4n) is 4.49. The van der Waals surface area contributed by atoms with Crippen LogP contribution in [0.4, 0.5) is 21.5 Å². The first kappa shape index (κ1) is 26.2. The number of hydrogen-bond donors (Lipinski definition) is 3. The minimum absolute atomic E-state index is 0. The number of carbonyl (C=O) groups is 2. The maximum absolute atomic E-state index is 14.5. The molecule has 3 aromatic carbocycles. The van der Waals surface area contributed by atoms with Gasteiger partial charge in [0.1, 0.15) is 11.5 Å². The quantitative estimate of drug-likeness (QED) is 0.275. The highest BCUT2D eigenvalue weighted by Crippen LogP contribution is 2.27. The molecule has 2 amide bonds. The smallest absolute Gasteiger partial charge is 0.272 e. The lowest BCUT2D eigenvalue weighted by Gasteiger charge is -2.13. The lowest BCUT2D eigenvalue weighted by atomic mass is 10.1. The minimum Gasteiger partial charge on any atom is -0.399 e. The van der Waals surface area contributed by atoms with Crippen molar-refractivity contribution < 1.29 is 18.7 Å². The van der Waals surface area contributed by atoms with E-state index in [1.807, 2.05) is 12.1 Å². The van der Waals surface area contributed by atoms with E-state index >= 15 is 0 Å². The molecule has 0 saturated carbocycles. The summed E-state index contributed by atoms with van der Waals surface area (Å²) >= 11 is 0. The summed E-state index contributed by atoms with van der Waals surface area (Å²) in [4.78, 5) is 25.8. The van der Waals surface area contributed by atoms with Crippen molar-refractivity contribution in [2.75, 3.05) is 23.0 Å². The zero-order chi connectivity index (χ0) is 25.1. The Balaban J connectivity index is 0.00000320. The third-order valence-corrected chi connectivity index (χ3v) is 6.31. The summed E-state index contributed by atoms with van der Waals surface area (Å²) in [6.45, 7) is 0.867. The zero-order valence-electron chi connectivity index (χ0n) is 20.1. The molecule has 4 N–H and O–H groups in total. The first-order chi connectivity index (χ1) is 17.5. The number of aromatic nitrogens is 1. The fraction of sp³-hybridized carbons (Fsp3) is 0.214. The number of amides is 2. The van der Waals surface area contributed by atoms with Gasteiger partial charge in [0.05, 0.1) is 19.1 Å². The molecule has 1 unspecified atom stereocenters. The van der Waals surface area contributed by atoms with Gasteiger partial charge in [-0.3, -0.25) is 9.59 Å². The Morgan fingerprint density at radius 3 is 2.49 bits per heavy atom. The van der Waals surface area contributed by atoms with Crippen LogP contribution in [0.2, 0.25) is 0 Å². The standard InChI is InChI=1S/C28H27FN4O3.ClH/c29-24-6-2-1-4-18(24)17-33-25-12-11-22(31-27(34)16-23-5-3-13-36-23)14-19(25)15-26(33)28(35)32-21-9-7-20(30)8-10-21;/h1-2,4,6-12,14-15,23H,3,5,13,16-17,30H2,(H,31,34)(H,32,35);1H. The van der Waals surface area contributed by atoms with Crippen LogP contribution >= 0.6 is 12.4 Å². The molecule has 0 aliphatic carbocycles. The number of benzene rings is 3. The Morgan fingerprint density at radius 2 is 1.76 bits per heavy atom. The van der Waals surface area contributed by atoms with Gasteiger partial charge in [0, 0.05) is 40.1 Å². The van der Waals surface area contributed by atoms with Gasteiger partial charge < -0.3 is 25.7 Å². The van der Waals surface area contributed by atoms with Gasteiger partial charge in [-0.2, -0.15) is 0 Å². The van der Waals surface area contributed by atoms with Crippen LogP contribution in [-0.4, -0.2) is 29.1 Å². The Kier molecular flexibility index (Phi) is 8.11. The number of anilines is 3. The van der Waals surface area contributed by atoms with E-state index in [1.54, 1.807) is 59.2 Å². The Morgan fingerprint density at radius 1 is 1.00 bits per heavy atom. The van der Waals surface area contributed by atoms with E-state index in [0.717, 1.165) is 23.7 Å². The van der Waals surface area contributed by atoms with Crippen molar-refractivity contribution >= 4 is 52.2 Å². The van der Waals surface area contributed by atoms with Crippen LogP contribution < -0.4 is 16.4 Å². The third-order valence-electron chi connectivity index (χ3n) is 6.31. The Bertz CT molecular complexity index is 1410. The summed E-state index contributed by atoms with van der Waals surface area (Å²) in [5.74, 6) is -0.799. The first-order valence-corrected chi connectivity index (χ1v) is 11.9. The van der Waals surface area contributed by atoms with Crippen molar-refractivity contribution in [3.63, 3.8) is 0 Å². The molecule has 37 heavy (non-hydrogen) atoms. The molecule has 1 aliphatic rings. The van der Waals surface area contributed by atoms with Gasteiger partial charge in [0.15, 0.2) is 0 Å². The number of nitrogen functional groups attached to an aromatic ring is 1. The highest BCUT2D eigenvalue weighted by Gasteiger charge is 2.20. The van der Waals surface area contributed by atoms with Gasteiger partial charge in [-0.25, -0.2) is 4.39 Å². The zero-order valence-corrected chi connectivity index (χ0v) is 20.9. The molecule has 0 spiro atoms. The lowest BCUT2D eigenvalue weighted by Crippen LogP contribution is -2.19. The van der Waals surface area contributed by atoms with Crippen LogP contribution in [0.25, 0.3) is 10.9 Å². The van der Waals surface area contributed by atoms with Crippen LogP contribution in [0.5, 0.6) is 0 Å². The predicted octanol–water partition coefficient (Wildman–Crippen LogP) is 5.59. The second-order valence-electron chi connectivity index (χ2n) is 8.94. The highest BCUT2D eigenvalue weighted by atomic mass is 35.5. The molecule has 1 saturated heterocycles. The molecular formula is C28H28ClFN4O3. The van der Waals surface area contributed by atoms with E-state index in [2.05, 4.69) is 10.6 Å². The molecule has 1 aliphatic heterocycles. The summed E-state index contributed by atoms with van der Waals surface area (Å²) in [7, 11) is 0. The Hall–Kier alpha value is -3.88. The molecule has 1 atom stereocenters. The average molecular weight is 523 g/mol. The normalized spacial score (nSPS) is 14.8. The number of halogens is 2. The topological polar surface area (TPSA) is 98.4 Å². The molecule has 2 heterocycles. The molecule has 5 rings (SSSR count). The van der Waals surface area contributed by atoms with Crippen molar-refractivity contribution in [2.24, 2.45) is 0 Å². The first-order valence-electron chi connectivity index (χ1n) is 11.9. The van der Waals surface area contributed by atoms with E-state index in [1.165, 1.54) is 6.07 Å². The number of hydrogen-bond acceptors (Lipinski definition) is 4. The van der Waals surface area contributed by atoms with Crippen molar-refractivity contribution in [1.82, 2.24) is 4.57 Å². The molecule has 0 radical (unpaired) electrons. The van der Waals surface area contributed by atoms with Crippen LogP contribution in [0.3, 0.4) is 0 Å². The largest absolute Gasteiger partial charge is 0.399 e. The number of nitrogens with one attached hydrogen (secondary N) is 2. The molecule has 9 heteroatoms. The van der Waals surface area contributed by atoms with Crippen molar-refractivity contribution in [3.05, 3.63) is 89.9 Å². The lowest BCUT2D eigenvalue weighted by molar-refractivity contribution is -0.118. The van der Waals surface area contributed by atoms with Gasteiger partial charge in [-0.05, 0) is 67.4 Å². The molecule has 7 nitrogen and oxygen atoms in total. The van der Waals surface area contributed by atoms with Crippen molar-refractivity contribution in [1.29, 1.82) is 0 Å². The molecule has 1 aromatic heterocycles. The van der Waals surface area contributed by atoms with Gasteiger partial charge in [-0.1, -0.05) is 18.2 Å². The average Bonchev–Trinajstić information content (AvgIpc) is 3.49. The maximum Gasteiger partial charge on any atom is 0.272 e. The molecule has 192 valence electrons. The Labute approximate surface area is 220 Å². The predicted molar refractivity (Wildman–Crippen MR) is 146 cm³/mol. The number of fused-ring (bicyclic) bond motifs is 1. The summed E-state index contributed by atoms with van der Waals surface area (Å²) in [5, 5.41) is 6.56. The van der Waals surface area contributed by atoms with E-state index in [-0.39, 0.29) is 42.7 Å². The molecular weight excluding hydrogens is 495 g/mol. The number of rotatable bonds is 7. The van der Waals surface area contributed by atoms with Crippen molar-refractivity contribution in [2.45, 2.75) is 31.9 Å². The molecule has 1 fully saturated rings. The number of nitrogens with two attached hydrogens (primary N) is 1. The number of carbonyl (C=O) groups excluding carboxylic acids is 2. The van der Waals surface area contributed by atoms with E-state index in [4.69, 9.17) is 10.5 Å². The maximum atomic E-state index is 14.5. The number of nitrogens with zero attached hydrogens (tertiary/aromatic N) is 1. The SMILES string of the molecule is Cl.Nc1ccc(NC(=O)c2cc3cc(NC(=O)CC4CCCO4)ccc3n2Cc2ccccc2F)cc1. The van der Waals surface area contributed by atoms with Gasteiger partial charge in [0.25, 0.3) is 5.91 Å². The van der Waals surface area contributed by atoms with Gasteiger partial charge >= 0.3 is 0 Å². The molecule has 0 bridgehead atoms. The van der Waals surface area contributed by atoms with E-state index in [0.29, 0.717) is 41.3 Å². The van der Waals surface area contributed by atoms with Crippen LogP contribution in [0.15, 0.2) is 72.8 Å². The summed E-state index contributed by atoms with van der Waals surface area (Å²) < 4.78 is 21.8. The monoisotopic (exact) mass is 522 g/mol. The van der Waals surface area contributed by atoms with Crippen LogP contribution in [0.1, 0.15) is 35.3 Å². The van der Waals surface area contributed by atoms with E-state index < -0.39 is 0 Å².